The largest absolute Gasteiger partial charge is 0.497 e. The molecule has 0 aromatic heterocycles. The highest BCUT2D eigenvalue weighted by molar-refractivity contribution is 7.97. The van der Waals surface area contributed by atoms with Crippen molar-refractivity contribution in [1.29, 1.82) is 0 Å². The SMILES string of the molecule is COc1cccc(SN(C)C)c1. The molecule has 0 amide bonds. The molecule has 1 rings (SSSR count). The zero-order chi connectivity index (χ0) is 8.97. The Morgan fingerprint density at radius 3 is 2.67 bits per heavy atom. The maximum atomic E-state index is 5.10. The van der Waals surface area contributed by atoms with E-state index in [-0.39, 0.29) is 0 Å². The average Bonchev–Trinajstić information content (AvgIpc) is 2.03. The molecule has 0 radical (unpaired) electrons. The van der Waals surface area contributed by atoms with E-state index in [1.807, 2.05) is 32.3 Å². The van der Waals surface area contributed by atoms with Crippen LogP contribution in [0.5, 0.6) is 5.75 Å². The lowest BCUT2D eigenvalue weighted by Crippen LogP contribution is -1.98. The van der Waals surface area contributed by atoms with Gasteiger partial charge in [0.25, 0.3) is 0 Å². The van der Waals surface area contributed by atoms with E-state index >= 15 is 0 Å². The van der Waals surface area contributed by atoms with Crippen LogP contribution in [-0.4, -0.2) is 25.5 Å². The highest BCUT2D eigenvalue weighted by atomic mass is 32.2. The molecule has 0 atom stereocenters. The molecular formula is C9H13NOS. The summed E-state index contributed by atoms with van der Waals surface area (Å²) in [5.74, 6) is 0.904. The second-order valence-electron chi connectivity index (χ2n) is 2.58. The second-order valence-corrected chi connectivity index (χ2v) is 3.97. The van der Waals surface area contributed by atoms with Gasteiger partial charge in [0.1, 0.15) is 5.75 Å². The average molecular weight is 183 g/mol. The molecule has 66 valence electrons. The van der Waals surface area contributed by atoms with Crippen LogP contribution in [0, 0.1) is 0 Å². The van der Waals surface area contributed by atoms with E-state index in [4.69, 9.17) is 4.74 Å². The Balaban J connectivity index is 2.72. The standard InChI is InChI=1S/C9H13NOS/c1-10(2)12-9-6-4-5-8(7-9)11-3/h4-7H,1-3H3. The van der Waals surface area contributed by atoms with Crippen molar-refractivity contribution < 1.29 is 4.74 Å². The van der Waals surface area contributed by atoms with Gasteiger partial charge in [-0.15, -0.1) is 0 Å². The molecule has 0 N–H and O–H groups in total. The number of nitrogens with zero attached hydrogens (tertiary/aromatic N) is 1. The molecule has 0 unspecified atom stereocenters. The summed E-state index contributed by atoms with van der Waals surface area (Å²) in [4.78, 5) is 1.19. The Hall–Kier alpha value is -0.670. The predicted octanol–water partition coefficient (Wildman–Crippen LogP) is 2.26. The first kappa shape index (κ1) is 9.42. The third-order valence-electron chi connectivity index (χ3n) is 1.33. The van der Waals surface area contributed by atoms with E-state index in [1.54, 1.807) is 19.1 Å². The lowest BCUT2D eigenvalue weighted by atomic mass is 10.3. The first-order chi connectivity index (χ1) is 5.72. The maximum Gasteiger partial charge on any atom is 0.120 e. The summed E-state index contributed by atoms with van der Waals surface area (Å²) in [6, 6.07) is 8.02. The zero-order valence-corrected chi connectivity index (χ0v) is 8.39. The van der Waals surface area contributed by atoms with E-state index in [9.17, 15) is 0 Å². The van der Waals surface area contributed by atoms with Gasteiger partial charge in [-0.2, -0.15) is 0 Å². The van der Waals surface area contributed by atoms with Crippen LogP contribution in [0.4, 0.5) is 0 Å². The molecule has 0 saturated carbocycles. The van der Waals surface area contributed by atoms with Crippen LogP contribution < -0.4 is 4.74 Å². The molecular weight excluding hydrogens is 170 g/mol. The Labute approximate surface area is 77.7 Å². The van der Waals surface area contributed by atoms with Crippen LogP contribution in [0.1, 0.15) is 0 Å². The summed E-state index contributed by atoms with van der Waals surface area (Å²) in [6.07, 6.45) is 0. The number of hydrogen-bond acceptors (Lipinski definition) is 3. The van der Waals surface area contributed by atoms with E-state index in [1.165, 1.54) is 4.90 Å². The zero-order valence-electron chi connectivity index (χ0n) is 7.57. The van der Waals surface area contributed by atoms with Gasteiger partial charge in [0.15, 0.2) is 0 Å². The summed E-state index contributed by atoms with van der Waals surface area (Å²) in [7, 11) is 5.72. The Bertz CT molecular complexity index is 250. The minimum absolute atomic E-state index is 0.904. The smallest absolute Gasteiger partial charge is 0.120 e. The van der Waals surface area contributed by atoms with Crippen LogP contribution in [-0.2, 0) is 0 Å². The summed E-state index contributed by atoms with van der Waals surface area (Å²) in [5, 5.41) is 0. The summed E-state index contributed by atoms with van der Waals surface area (Å²) >= 11 is 1.68. The van der Waals surface area contributed by atoms with Crippen molar-refractivity contribution in [2.24, 2.45) is 0 Å². The number of ether oxygens (including phenoxy) is 1. The molecule has 3 heteroatoms. The van der Waals surface area contributed by atoms with E-state index in [2.05, 4.69) is 10.4 Å². The van der Waals surface area contributed by atoms with Gasteiger partial charge in [-0.05, 0) is 44.2 Å². The van der Waals surface area contributed by atoms with Gasteiger partial charge in [0, 0.05) is 4.90 Å². The molecule has 1 aromatic carbocycles. The summed E-state index contributed by atoms with van der Waals surface area (Å²) in [6.45, 7) is 0. The minimum atomic E-state index is 0.904. The highest BCUT2D eigenvalue weighted by Crippen LogP contribution is 2.23. The van der Waals surface area contributed by atoms with Gasteiger partial charge >= 0.3 is 0 Å². The maximum absolute atomic E-state index is 5.10. The lowest BCUT2D eigenvalue weighted by Gasteiger charge is -2.08. The number of rotatable bonds is 3. The molecule has 2 nitrogen and oxygen atoms in total. The van der Waals surface area contributed by atoms with Crippen molar-refractivity contribution >= 4 is 11.9 Å². The van der Waals surface area contributed by atoms with Crippen molar-refractivity contribution in [3.8, 4) is 5.75 Å². The van der Waals surface area contributed by atoms with Crippen LogP contribution in [0.15, 0.2) is 29.2 Å². The van der Waals surface area contributed by atoms with Crippen molar-refractivity contribution in [3.63, 3.8) is 0 Å². The first-order valence-electron chi connectivity index (χ1n) is 3.71. The second kappa shape index (κ2) is 4.38. The Kier molecular flexibility index (Phi) is 3.44. The summed E-state index contributed by atoms with van der Waals surface area (Å²) < 4.78 is 7.15. The normalized spacial score (nSPS) is 10.3. The van der Waals surface area contributed by atoms with Crippen molar-refractivity contribution in [2.45, 2.75) is 4.90 Å². The number of benzene rings is 1. The van der Waals surface area contributed by atoms with Crippen molar-refractivity contribution in [2.75, 3.05) is 21.2 Å². The predicted molar refractivity (Wildman–Crippen MR) is 52.5 cm³/mol. The van der Waals surface area contributed by atoms with E-state index < -0.39 is 0 Å². The quantitative estimate of drug-likeness (QED) is 0.667. The van der Waals surface area contributed by atoms with E-state index in [0.29, 0.717) is 0 Å². The number of hydrogen-bond donors (Lipinski definition) is 0. The highest BCUT2D eigenvalue weighted by Gasteiger charge is 1.97. The Morgan fingerprint density at radius 1 is 1.33 bits per heavy atom. The molecule has 0 bridgehead atoms. The fourth-order valence-electron chi connectivity index (χ4n) is 0.869. The van der Waals surface area contributed by atoms with Gasteiger partial charge in [0.2, 0.25) is 0 Å². The molecule has 1 aromatic rings. The third-order valence-corrected chi connectivity index (χ3v) is 2.16. The van der Waals surface area contributed by atoms with Gasteiger partial charge < -0.3 is 4.74 Å². The van der Waals surface area contributed by atoms with Gasteiger partial charge in [-0.25, -0.2) is 0 Å². The number of methoxy groups -OCH3 is 1. The van der Waals surface area contributed by atoms with Gasteiger partial charge in [-0.3, -0.25) is 4.31 Å². The van der Waals surface area contributed by atoms with Crippen LogP contribution in [0.3, 0.4) is 0 Å². The fourth-order valence-corrected chi connectivity index (χ4v) is 1.60. The lowest BCUT2D eigenvalue weighted by molar-refractivity contribution is 0.413. The molecule has 0 aliphatic rings. The van der Waals surface area contributed by atoms with Crippen molar-refractivity contribution in [3.05, 3.63) is 24.3 Å². The van der Waals surface area contributed by atoms with Gasteiger partial charge in [-0.1, -0.05) is 6.07 Å². The molecule has 0 fully saturated rings. The van der Waals surface area contributed by atoms with Crippen LogP contribution in [0.25, 0.3) is 0 Å². The fraction of sp³-hybridized carbons (Fsp3) is 0.333. The third kappa shape index (κ3) is 2.75. The summed E-state index contributed by atoms with van der Waals surface area (Å²) in [5.41, 5.74) is 0. The molecule has 0 heterocycles. The molecule has 0 aliphatic heterocycles. The molecule has 0 spiro atoms. The first-order valence-corrected chi connectivity index (χ1v) is 4.49. The monoisotopic (exact) mass is 183 g/mol. The van der Waals surface area contributed by atoms with Crippen LogP contribution in [0.2, 0.25) is 0 Å². The van der Waals surface area contributed by atoms with Gasteiger partial charge in [0.05, 0.1) is 7.11 Å². The van der Waals surface area contributed by atoms with Crippen molar-refractivity contribution in [1.82, 2.24) is 4.31 Å². The minimum Gasteiger partial charge on any atom is -0.497 e. The Morgan fingerprint density at radius 2 is 2.08 bits per heavy atom. The van der Waals surface area contributed by atoms with E-state index in [0.717, 1.165) is 5.75 Å². The topological polar surface area (TPSA) is 12.5 Å². The molecule has 0 saturated heterocycles. The molecule has 12 heavy (non-hydrogen) atoms. The van der Waals surface area contributed by atoms with Crippen LogP contribution >= 0.6 is 11.9 Å². The molecule has 0 aliphatic carbocycles.